The molecule has 3 aromatic rings. The summed E-state index contributed by atoms with van der Waals surface area (Å²) in [5, 5.41) is 0. The van der Waals surface area contributed by atoms with Gasteiger partial charge in [0.2, 0.25) is 5.79 Å². The van der Waals surface area contributed by atoms with Crippen LogP contribution < -0.4 is 4.74 Å². The van der Waals surface area contributed by atoms with E-state index in [1.807, 2.05) is 99.2 Å². The number of Topliss-reactive ketones (excluding diaryl/α,β-unsaturated/α-hetero) is 1. The maximum Gasteiger partial charge on any atom is 0.277 e. The molecular formula is C34H42O7S3. The normalized spacial score (nSPS) is 21.9. The van der Waals surface area contributed by atoms with E-state index in [4.69, 9.17) is 17.8 Å². The van der Waals surface area contributed by atoms with Gasteiger partial charge in [0.25, 0.3) is 10.1 Å². The molecule has 2 atom stereocenters. The second-order valence-electron chi connectivity index (χ2n) is 12.5. The van der Waals surface area contributed by atoms with Crippen molar-refractivity contribution in [3.8, 4) is 5.75 Å². The molecule has 0 amide bonds. The van der Waals surface area contributed by atoms with Crippen molar-refractivity contribution in [2.24, 2.45) is 16.7 Å². The average molecular weight is 659 g/mol. The van der Waals surface area contributed by atoms with Gasteiger partial charge in [0.05, 0.1) is 18.3 Å². The molecule has 0 saturated heterocycles. The first-order valence-corrected chi connectivity index (χ1v) is 19.3. The van der Waals surface area contributed by atoms with Gasteiger partial charge >= 0.3 is 0 Å². The molecular weight excluding hydrogens is 617 g/mol. The lowest BCUT2D eigenvalue weighted by atomic mass is 9.70. The zero-order valence-corrected chi connectivity index (χ0v) is 28.9. The second kappa shape index (κ2) is 12.1. The summed E-state index contributed by atoms with van der Waals surface area (Å²) in [7, 11) is -1.34. The lowest BCUT2D eigenvalue weighted by Crippen LogP contribution is -2.42. The number of carbonyl (C=O) groups is 1. The quantitative estimate of drug-likeness (QED) is 0.186. The van der Waals surface area contributed by atoms with E-state index in [1.54, 1.807) is 33.1 Å². The summed E-state index contributed by atoms with van der Waals surface area (Å²) in [4.78, 5) is 15.9. The number of ether oxygens (including phenoxy) is 3. The average Bonchev–Trinajstić information content (AvgIpc) is 3.33. The number of ketones is 1. The first kappa shape index (κ1) is 33.0. The molecule has 2 fully saturated rings. The Morgan fingerprint density at radius 1 is 0.841 bits per heavy atom. The van der Waals surface area contributed by atoms with Crippen molar-refractivity contribution in [2.75, 3.05) is 39.6 Å². The molecule has 10 heteroatoms. The van der Waals surface area contributed by atoms with Crippen LogP contribution in [0.1, 0.15) is 44.2 Å². The summed E-state index contributed by atoms with van der Waals surface area (Å²) in [6.45, 7) is 4.07. The molecule has 0 aliphatic heterocycles. The van der Waals surface area contributed by atoms with Gasteiger partial charge in [-0.3, -0.25) is 4.79 Å². The standard InChI is InChI=1S/C34H42O7S3/c1-32(2)26-20-21-33(32,31(35)22-26)23-44(36,37)41-43(6,7)30-18-10-25(11-19-30)34(39-4,40-5)24-8-14-28(15-9-24)42-29-16-12-27(38-3)13-17-29/h8-19,26H,20-23H2,1-7H3. The Kier molecular flexibility index (Phi) is 9.10. The Bertz CT molecular complexity index is 1590. The van der Waals surface area contributed by atoms with E-state index < -0.39 is 31.6 Å². The summed E-state index contributed by atoms with van der Waals surface area (Å²) in [6.07, 6.45) is 5.58. The predicted octanol–water partition coefficient (Wildman–Crippen LogP) is 7.42. The third-order valence-corrected chi connectivity index (χ3v) is 15.2. The number of carbonyl (C=O) groups excluding carboxylic acids is 1. The van der Waals surface area contributed by atoms with Crippen LogP contribution in [0, 0.1) is 16.7 Å². The zero-order valence-electron chi connectivity index (χ0n) is 26.4. The van der Waals surface area contributed by atoms with Crippen molar-refractivity contribution in [3.05, 3.63) is 83.9 Å². The van der Waals surface area contributed by atoms with Crippen molar-refractivity contribution >= 4 is 38.0 Å². The Hall–Kier alpha value is -2.34. The fraction of sp³-hybridized carbons (Fsp3) is 0.441. The summed E-state index contributed by atoms with van der Waals surface area (Å²) in [5.74, 6) is -0.315. The molecule has 3 aromatic carbocycles. The van der Waals surface area contributed by atoms with Gasteiger partial charge in [-0.25, -0.2) is 3.63 Å². The molecule has 0 aromatic heterocycles. The smallest absolute Gasteiger partial charge is 0.277 e. The molecule has 5 rings (SSSR count). The number of hydrogen-bond donors (Lipinski definition) is 0. The molecule has 2 aliphatic carbocycles. The van der Waals surface area contributed by atoms with Crippen molar-refractivity contribution in [1.29, 1.82) is 0 Å². The Morgan fingerprint density at radius 3 is 1.82 bits per heavy atom. The first-order chi connectivity index (χ1) is 20.7. The molecule has 44 heavy (non-hydrogen) atoms. The predicted molar refractivity (Wildman–Crippen MR) is 176 cm³/mol. The molecule has 2 aliphatic rings. The van der Waals surface area contributed by atoms with E-state index in [0.29, 0.717) is 12.8 Å². The van der Waals surface area contributed by atoms with E-state index in [-0.39, 0.29) is 22.9 Å². The number of methoxy groups -OCH3 is 3. The minimum atomic E-state index is -3.98. The van der Waals surface area contributed by atoms with Crippen molar-refractivity contribution < 1.29 is 31.1 Å². The van der Waals surface area contributed by atoms with E-state index in [9.17, 15) is 13.2 Å². The molecule has 0 radical (unpaired) electrons. The van der Waals surface area contributed by atoms with Crippen LogP contribution in [0.15, 0.2) is 87.5 Å². The fourth-order valence-corrected chi connectivity index (χ4v) is 12.4. The summed E-state index contributed by atoms with van der Waals surface area (Å²) < 4.78 is 50.1. The molecule has 238 valence electrons. The van der Waals surface area contributed by atoms with E-state index in [0.717, 1.165) is 38.0 Å². The van der Waals surface area contributed by atoms with Gasteiger partial charge < -0.3 is 14.2 Å². The molecule has 0 N–H and O–H groups in total. The monoisotopic (exact) mass is 658 g/mol. The lowest BCUT2D eigenvalue weighted by Gasteiger charge is -2.38. The second-order valence-corrected chi connectivity index (χ2v) is 18.6. The van der Waals surface area contributed by atoms with E-state index in [1.165, 1.54) is 0 Å². The topological polar surface area (TPSA) is 88.1 Å². The molecule has 2 saturated carbocycles. The van der Waals surface area contributed by atoms with Gasteiger partial charge in [-0.2, -0.15) is 8.42 Å². The highest BCUT2D eigenvalue weighted by Crippen LogP contribution is 2.65. The number of rotatable bonds is 12. The van der Waals surface area contributed by atoms with Crippen LogP contribution in [0.2, 0.25) is 0 Å². The Morgan fingerprint density at radius 2 is 1.36 bits per heavy atom. The van der Waals surface area contributed by atoms with Crippen molar-refractivity contribution in [3.63, 3.8) is 0 Å². The number of fused-ring (bicyclic) bond motifs is 2. The molecule has 2 bridgehead atoms. The van der Waals surface area contributed by atoms with Crippen LogP contribution in [-0.4, -0.2) is 53.8 Å². The van der Waals surface area contributed by atoms with Crippen LogP contribution in [0.5, 0.6) is 5.75 Å². The van der Waals surface area contributed by atoms with Gasteiger partial charge in [-0.05, 0) is 85.2 Å². The van der Waals surface area contributed by atoms with Crippen LogP contribution >= 0.6 is 22.1 Å². The lowest BCUT2D eigenvalue weighted by molar-refractivity contribution is -0.183. The number of benzene rings is 3. The van der Waals surface area contributed by atoms with E-state index in [2.05, 4.69) is 0 Å². The molecule has 0 heterocycles. The minimum Gasteiger partial charge on any atom is -0.497 e. The number of hydrogen-bond acceptors (Lipinski definition) is 8. The van der Waals surface area contributed by atoms with Crippen LogP contribution in [0.25, 0.3) is 0 Å². The van der Waals surface area contributed by atoms with Gasteiger partial charge in [0.15, 0.2) is 0 Å². The largest absolute Gasteiger partial charge is 0.497 e. The van der Waals surface area contributed by atoms with Crippen LogP contribution in [0.4, 0.5) is 0 Å². The maximum absolute atomic E-state index is 13.5. The van der Waals surface area contributed by atoms with Crippen LogP contribution in [0.3, 0.4) is 0 Å². The Labute approximate surface area is 267 Å². The third-order valence-electron chi connectivity index (χ3n) is 9.74. The minimum absolute atomic E-state index is 0.0610. The molecule has 7 nitrogen and oxygen atoms in total. The Balaban J connectivity index is 1.33. The fourth-order valence-electron chi connectivity index (χ4n) is 6.98. The van der Waals surface area contributed by atoms with E-state index >= 15 is 0 Å². The highest BCUT2D eigenvalue weighted by molar-refractivity contribution is 8.32. The van der Waals surface area contributed by atoms with Crippen molar-refractivity contribution in [1.82, 2.24) is 0 Å². The highest BCUT2D eigenvalue weighted by atomic mass is 32.3. The summed E-state index contributed by atoms with van der Waals surface area (Å²) in [5.41, 5.74) is 0.360. The summed E-state index contributed by atoms with van der Waals surface area (Å²) >= 11 is 1.64. The van der Waals surface area contributed by atoms with Gasteiger partial charge in [-0.15, -0.1) is 0 Å². The SMILES string of the molecule is COc1ccc(Sc2ccc(C(OC)(OC)c3ccc(S(C)(C)OS(=O)(=O)CC45CCC(CC4=O)C5(C)C)cc3)cc2)cc1. The van der Waals surface area contributed by atoms with Gasteiger partial charge in [0.1, 0.15) is 11.5 Å². The van der Waals surface area contributed by atoms with Crippen LogP contribution in [-0.2, 0) is 33.8 Å². The van der Waals surface area contributed by atoms with Gasteiger partial charge in [0, 0.05) is 46.5 Å². The maximum atomic E-state index is 13.5. The zero-order chi connectivity index (χ0) is 32.0. The third kappa shape index (κ3) is 5.85. The molecule has 2 unspecified atom stereocenters. The first-order valence-electron chi connectivity index (χ1n) is 14.6. The van der Waals surface area contributed by atoms with Crippen molar-refractivity contribution in [2.45, 2.75) is 53.6 Å². The summed E-state index contributed by atoms with van der Waals surface area (Å²) in [6, 6.07) is 23.4. The molecule has 0 spiro atoms. The highest BCUT2D eigenvalue weighted by Gasteiger charge is 2.65. The van der Waals surface area contributed by atoms with Gasteiger partial charge in [-0.1, -0.05) is 60.2 Å².